The molecule has 1 N–H and O–H groups in total. The zero-order valence-corrected chi connectivity index (χ0v) is 19.2. The Balaban J connectivity index is 1.85. The molecule has 6 atom stereocenters. The van der Waals surface area contributed by atoms with E-state index in [0.29, 0.717) is 19.4 Å². The van der Waals surface area contributed by atoms with E-state index in [2.05, 4.69) is 6.92 Å². The third-order valence-electron chi connectivity index (χ3n) is 7.52. The van der Waals surface area contributed by atoms with Crippen LogP contribution < -0.4 is 0 Å². The molecular formula is C24H34N2O6. The number of carbonyl (C=O) groups is 3. The second-order valence-electron chi connectivity index (χ2n) is 9.29. The third kappa shape index (κ3) is 3.22. The summed E-state index contributed by atoms with van der Waals surface area (Å²) in [6.45, 7) is 6.73. The summed E-state index contributed by atoms with van der Waals surface area (Å²) in [7, 11) is 0. The molecule has 0 saturated carbocycles. The lowest BCUT2D eigenvalue weighted by molar-refractivity contribution is -0.159. The number of nitrogens with zero attached hydrogens (tertiary/aromatic N) is 2. The summed E-state index contributed by atoms with van der Waals surface area (Å²) in [6, 6.07) is -0.862. The second kappa shape index (κ2) is 8.63. The van der Waals surface area contributed by atoms with Crippen molar-refractivity contribution in [3.63, 3.8) is 0 Å². The molecule has 0 aliphatic carbocycles. The average molecular weight is 447 g/mol. The van der Waals surface area contributed by atoms with Crippen LogP contribution in [-0.4, -0.2) is 82.3 Å². The van der Waals surface area contributed by atoms with Crippen molar-refractivity contribution < 1.29 is 29.0 Å². The molecule has 0 radical (unpaired) electrons. The van der Waals surface area contributed by atoms with Gasteiger partial charge in [-0.15, -0.1) is 0 Å². The van der Waals surface area contributed by atoms with Gasteiger partial charge in [0.05, 0.1) is 5.92 Å². The first-order chi connectivity index (χ1) is 15.4. The number of ether oxygens (including phenoxy) is 2. The van der Waals surface area contributed by atoms with Gasteiger partial charge in [0, 0.05) is 25.7 Å². The van der Waals surface area contributed by atoms with Gasteiger partial charge in [-0.05, 0) is 32.3 Å². The molecule has 4 aliphatic rings. The quantitative estimate of drug-likeness (QED) is 0.470. The first kappa shape index (κ1) is 23.0. The fourth-order valence-electron chi connectivity index (χ4n) is 6.06. The highest BCUT2D eigenvalue weighted by Gasteiger charge is 2.75. The molecule has 2 amide bonds. The lowest BCUT2D eigenvalue weighted by Gasteiger charge is -2.39. The zero-order valence-electron chi connectivity index (χ0n) is 19.2. The number of amides is 2. The minimum atomic E-state index is -1.24. The van der Waals surface area contributed by atoms with Gasteiger partial charge < -0.3 is 24.4 Å². The molecule has 8 nitrogen and oxygen atoms in total. The van der Waals surface area contributed by atoms with Crippen LogP contribution in [-0.2, 0) is 23.9 Å². The van der Waals surface area contributed by atoms with E-state index in [-0.39, 0.29) is 37.6 Å². The van der Waals surface area contributed by atoms with Crippen molar-refractivity contribution in [2.24, 2.45) is 11.8 Å². The number of aliphatic hydroxyl groups excluding tert-OH is 1. The Morgan fingerprint density at radius 2 is 1.94 bits per heavy atom. The maximum absolute atomic E-state index is 14.0. The lowest BCUT2D eigenvalue weighted by atomic mass is 9.73. The Morgan fingerprint density at radius 3 is 2.62 bits per heavy atom. The zero-order chi connectivity index (χ0) is 23.1. The number of fused-ring (bicyclic) bond motifs is 2. The number of carbonyl (C=O) groups excluding carboxylic acids is 3. The van der Waals surface area contributed by atoms with Crippen LogP contribution in [0.4, 0.5) is 0 Å². The summed E-state index contributed by atoms with van der Waals surface area (Å²) < 4.78 is 12.1. The van der Waals surface area contributed by atoms with Crippen molar-refractivity contribution in [1.82, 2.24) is 9.80 Å². The summed E-state index contributed by atoms with van der Waals surface area (Å²) in [4.78, 5) is 44.2. The minimum absolute atomic E-state index is 0.0121. The third-order valence-corrected chi connectivity index (χ3v) is 7.52. The Labute approximate surface area is 189 Å². The normalized spacial score (nSPS) is 37.0. The van der Waals surface area contributed by atoms with Crippen LogP contribution in [0.1, 0.15) is 46.5 Å². The highest BCUT2D eigenvalue weighted by Crippen LogP contribution is 2.58. The Morgan fingerprint density at radius 1 is 1.16 bits per heavy atom. The van der Waals surface area contributed by atoms with Gasteiger partial charge in [0.15, 0.2) is 0 Å². The van der Waals surface area contributed by atoms with Gasteiger partial charge in [-0.2, -0.15) is 0 Å². The average Bonchev–Trinajstić information content (AvgIpc) is 3.04. The van der Waals surface area contributed by atoms with Crippen molar-refractivity contribution in [3.05, 3.63) is 24.3 Å². The Hall–Kier alpha value is -2.19. The fourth-order valence-corrected chi connectivity index (χ4v) is 6.06. The first-order valence-corrected chi connectivity index (χ1v) is 11.8. The van der Waals surface area contributed by atoms with Gasteiger partial charge in [-0.25, -0.2) is 0 Å². The predicted molar refractivity (Wildman–Crippen MR) is 116 cm³/mol. The fraction of sp³-hybridized carbons (Fsp3) is 0.708. The largest absolute Gasteiger partial charge is 0.461 e. The van der Waals surface area contributed by atoms with Gasteiger partial charge >= 0.3 is 5.97 Å². The number of likely N-dealkylation sites (tertiary alicyclic amines) is 1. The summed E-state index contributed by atoms with van der Waals surface area (Å²) in [5.74, 6) is -2.57. The summed E-state index contributed by atoms with van der Waals surface area (Å²) in [5.41, 5.74) is -2.24. The van der Waals surface area contributed by atoms with Crippen molar-refractivity contribution in [1.29, 1.82) is 0 Å². The van der Waals surface area contributed by atoms with Gasteiger partial charge in [-0.1, -0.05) is 38.5 Å². The van der Waals surface area contributed by atoms with Crippen molar-refractivity contribution >= 4 is 17.8 Å². The van der Waals surface area contributed by atoms with Crippen LogP contribution in [0.15, 0.2) is 24.3 Å². The van der Waals surface area contributed by atoms with Crippen molar-refractivity contribution in [2.75, 3.05) is 26.3 Å². The molecule has 4 heterocycles. The van der Waals surface area contributed by atoms with Crippen LogP contribution >= 0.6 is 0 Å². The molecule has 8 heteroatoms. The number of cyclic esters (lactones) is 1. The minimum Gasteiger partial charge on any atom is -0.461 e. The summed E-state index contributed by atoms with van der Waals surface area (Å²) >= 11 is 0. The number of esters is 1. The van der Waals surface area contributed by atoms with Crippen LogP contribution in [0.5, 0.6) is 0 Å². The van der Waals surface area contributed by atoms with Gasteiger partial charge in [0.25, 0.3) is 0 Å². The number of hydrogen-bond acceptors (Lipinski definition) is 6. The summed E-state index contributed by atoms with van der Waals surface area (Å²) in [6.07, 6.45) is 9.99. The molecule has 0 aromatic rings. The van der Waals surface area contributed by atoms with E-state index in [1.807, 2.05) is 37.0 Å². The van der Waals surface area contributed by atoms with E-state index in [9.17, 15) is 19.5 Å². The van der Waals surface area contributed by atoms with E-state index in [1.165, 1.54) is 4.90 Å². The molecule has 1 spiro atoms. The Bertz CT molecular complexity index is 840. The molecule has 2 unspecified atom stereocenters. The molecule has 0 bridgehead atoms. The summed E-state index contributed by atoms with van der Waals surface area (Å²) in [5, 5.41) is 9.43. The molecule has 4 rings (SSSR count). The monoisotopic (exact) mass is 446 g/mol. The van der Waals surface area contributed by atoms with Crippen LogP contribution in [0.25, 0.3) is 0 Å². The highest BCUT2D eigenvalue weighted by molar-refractivity contribution is 5.99. The number of aliphatic hydroxyl groups is 1. The smallest absolute Gasteiger partial charge is 0.313 e. The van der Waals surface area contributed by atoms with Crippen LogP contribution in [0.3, 0.4) is 0 Å². The van der Waals surface area contributed by atoms with E-state index in [1.54, 1.807) is 6.08 Å². The molecule has 2 fully saturated rings. The van der Waals surface area contributed by atoms with E-state index >= 15 is 0 Å². The molecular weight excluding hydrogens is 412 g/mol. The van der Waals surface area contributed by atoms with E-state index < -0.39 is 35.0 Å². The van der Waals surface area contributed by atoms with Crippen molar-refractivity contribution in [2.45, 2.75) is 69.7 Å². The van der Waals surface area contributed by atoms with Crippen LogP contribution in [0.2, 0.25) is 0 Å². The molecule has 2 saturated heterocycles. The molecule has 176 valence electrons. The maximum atomic E-state index is 14.0. The molecule has 0 aromatic heterocycles. The van der Waals surface area contributed by atoms with Crippen molar-refractivity contribution in [3.8, 4) is 0 Å². The molecule has 32 heavy (non-hydrogen) atoms. The number of rotatable bonds is 7. The Kier molecular flexibility index (Phi) is 6.20. The standard InChI is InChI=1S/C24H34N2O6/c1-4-9-16(3)25-12-6-11-24-17(20(28)26(13-8-14-27)19(24)21(25)29)18-22(30)31-15-7-10-23(18,5-2)32-24/h6-7,10-11,16-19,27H,4-5,8-9,12-15H2,1-3H3/t16?,17-,18+,19?,23-,24-/m0/s1. The van der Waals surface area contributed by atoms with E-state index in [0.717, 1.165) is 12.8 Å². The van der Waals surface area contributed by atoms with Gasteiger partial charge in [0.2, 0.25) is 11.8 Å². The topological polar surface area (TPSA) is 96.4 Å². The predicted octanol–water partition coefficient (Wildman–Crippen LogP) is 1.43. The number of hydrogen-bond donors (Lipinski definition) is 1. The molecule has 0 aromatic carbocycles. The first-order valence-electron chi connectivity index (χ1n) is 11.8. The lowest BCUT2D eigenvalue weighted by Crippen LogP contribution is -2.57. The maximum Gasteiger partial charge on any atom is 0.313 e. The second-order valence-corrected chi connectivity index (χ2v) is 9.29. The SMILES string of the molecule is CCCC(C)N1CC=C[C@]23O[C@@]4(CC)C=CCOC(=O)[C@H]4[C@H]2C(=O)N(CCCO)C3C1=O. The molecule has 4 aliphatic heterocycles. The van der Waals surface area contributed by atoms with E-state index in [4.69, 9.17) is 9.47 Å². The van der Waals surface area contributed by atoms with Gasteiger partial charge in [0.1, 0.15) is 29.8 Å². The van der Waals surface area contributed by atoms with Gasteiger partial charge in [-0.3, -0.25) is 14.4 Å². The van der Waals surface area contributed by atoms with Crippen LogP contribution in [0, 0.1) is 11.8 Å². The highest BCUT2D eigenvalue weighted by atomic mass is 16.6.